The summed E-state index contributed by atoms with van der Waals surface area (Å²) >= 11 is 3.65. The fourth-order valence-corrected chi connectivity index (χ4v) is 3.85. The molecule has 0 bridgehead atoms. The van der Waals surface area contributed by atoms with Gasteiger partial charge in [0.25, 0.3) is 0 Å². The topological polar surface area (TPSA) is 29.1 Å². The van der Waals surface area contributed by atoms with Crippen LogP contribution in [0.15, 0.2) is 24.3 Å². The quantitative estimate of drug-likeness (QED) is 0.855. The van der Waals surface area contributed by atoms with Gasteiger partial charge < -0.3 is 5.32 Å². The van der Waals surface area contributed by atoms with E-state index in [4.69, 9.17) is 0 Å². The molecular formula is C15H18BrNO. The summed E-state index contributed by atoms with van der Waals surface area (Å²) in [6.07, 6.45) is 4.58. The van der Waals surface area contributed by atoms with E-state index in [-0.39, 0.29) is 11.8 Å². The van der Waals surface area contributed by atoms with Gasteiger partial charge in [-0.15, -0.1) is 0 Å². The molecule has 0 aliphatic heterocycles. The third-order valence-corrected chi connectivity index (χ3v) is 5.04. The fourth-order valence-electron chi connectivity index (χ4n) is 3.06. The average molecular weight is 308 g/mol. The molecule has 1 saturated carbocycles. The van der Waals surface area contributed by atoms with Crippen molar-refractivity contribution in [2.45, 2.75) is 36.4 Å². The van der Waals surface area contributed by atoms with Crippen molar-refractivity contribution in [3.05, 3.63) is 35.4 Å². The Balaban J connectivity index is 1.52. The van der Waals surface area contributed by atoms with Crippen molar-refractivity contribution < 1.29 is 4.79 Å². The van der Waals surface area contributed by atoms with Gasteiger partial charge in [-0.1, -0.05) is 40.2 Å². The van der Waals surface area contributed by atoms with Crippen LogP contribution in [0.4, 0.5) is 0 Å². The number of rotatable bonds is 3. The normalized spacial score (nSPS) is 29.5. The highest BCUT2D eigenvalue weighted by Gasteiger charge is 2.32. The summed E-state index contributed by atoms with van der Waals surface area (Å²) in [5.74, 6) is 0.975. The molecule has 1 N–H and O–H groups in total. The van der Waals surface area contributed by atoms with Crippen LogP contribution in [-0.2, 0) is 11.2 Å². The van der Waals surface area contributed by atoms with Crippen molar-refractivity contribution in [1.29, 1.82) is 0 Å². The first-order valence-corrected chi connectivity index (χ1v) is 7.65. The maximum Gasteiger partial charge on any atom is 0.227 e. The number of amides is 1. The van der Waals surface area contributed by atoms with Crippen LogP contribution in [0.5, 0.6) is 0 Å². The molecule has 1 aromatic carbocycles. The van der Waals surface area contributed by atoms with E-state index in [1.165, 1.54) is 30.4 Å². The van der Waals surface area contributed by atoms with Crippen LogP contribution in [0.2, 0.25) is 0 Å². The van der Waals surface area contributed by atoms with Crippen LogP contribution >= 0.6 is 15.9 Å². The number of benzene rings is 1. The number of hydrogen-bond acceptors (Lipinski definition) is 1. The monoisotopic (exact) mass is 307 g/mol. The molecule has 1 aromatic rings. The Morgan fingerprint density at radius 3 is 2.89 bits per heavy atom. The summed E-state index contributed by atoms with van der Waals surface area (Å²) in [5, 5.41) is 3.13. The van der Waals surface area contributed by atoms with E-state index in [0.717, 1.165) is 13.0 Å². The minimum atomic E-state index is 0.0994. The third kappa shape index (κ3) is 2.33. The molecule has 96 valence electrons. The second-order valence-corrected chi connectivity index (χ2v) is 6.77. The average Bonchev–Trinajstić information content (AvgIpc) is 2.74. The summed E-state index contributed by atoms with van der Waals surface area (Å²) in [6, 6.07) is 8.25. The zero-order valence-corrected chi connectivity index (χ0v) is 11.9. The zero-order valence-electron chi connectivity index (χ0n) is 10.4. The molecule has 2 aliphatic rings. The molecule has 0 saturated heterocycles. The third-order valence-electron chi connectivity index (χ3n) is 4.21. The number of carbonyl (C=O) groups is 1. The second kappa shape index (κ2) is 5.04. The maximum atomic E-state index is 12.1. The molecule has 18 heavy (non-hydrogen) atoms. The molecule has 1 fully saturated rings. The second-order valence-electron chi connectivity index (χ2n) is 5.48. The molecule has 3 rings (SSSR count). The molecule has 0 radical (unpaired) electrons. The predicted octanol–water partition coefficient (Wildman–Crippen LogP) is 3.01. The lowest BCUT2D eigenvalue weighted by atomic mass is 9.77. The van der Waals surface area contributed by atoms with Gasteiger partial charge >= 0.3 is 0 Å². The Morgan fingerprint density at radius 1 is 1.33 bits per heavy atom. The molecule has 2 aliphatic carbocycles. The van der Waals surface area contributed by atoms with Crippen LogP contribution in [-0.4, -0.2) is 17.3 Å². The van der Waals surface area contributed by atoms with E-state index in [9.17, 15) is 4.79 Å². The van der Waals surface area contributed by atoms with Crippen LogP contribution in [0, 0.1) is 5.92 Å². The molecular weight excluding hydrogens is 290 g/mol. The predicted molar refractivity (Wildman–Crippen MR) is 76.0 cm³/mol. The van der Waals surface area contributed by atoms with Gasteiger partial charge in [-0.05, 0) is 42.7 Å². The van der Waals surface area contributed by atoms with E-state index >= 15 is 0 Å². The number of fused-ring (bicyclic) bond motifs is 1. The van der Waals surface area contributed by atoms with Crippen molar-refractivity contribution in [3.63, 3.8) is 0 Å². The molecule has 3 atom stereocenters. The van der Waals surface area contributed by atoms with Crippen molar-refractivity contribution in [3.8, 4) is 0 Å². The van der Waals surface area contributed by atoms with Crippen LogP contribution < -0.4 is 5.32 Å². The molecule has 2 nitrogen and oxygen atoms in total. The Kier molecular flexibility index (Phi) is 3.42. The van der Waals surface area contributed by atoms with Crippen LogP contribution in [0.25, 0.3) is 0 Å². The fraction of sp³-hybridized carbons (Fsp3) is 0.533. The molecule has 0 spiro atoms. The lowest BCUT2D eigenvalue weighted by molar-refractivity contribution is -0.123. The van der Waals surface area contributed by atoms with E-state index in [1.807, 2.05) is 12.1 Å². The van der Waals surface area contributed by atoms with Gasteiger partial charge in [-0.2, -0.15) is 0 Å². The molecule has 3 heteroatoms. The van der Waals surface area contributed by atoms with Crippen molar-refractivity contribution in [1.82, 2.24) is 5.32 Å². The lowest BCUT2D eigenvalue weighted by Gasteiger charge is -2.29. The smallest absolute Gasteiger partial charge is 0.227 e. The van der Waals surface area contributed by atoms with Gasteiger partial charge in [0.2, 0.25) is 5.91 Å². The first-order valence-electron chi connectivity index (χ1n) is 6.73. The maximum absolute atomic E-state index is 12.1. The van der Waals surface area contributed by atoms with E-state index < -0.39 is 0 Å². The van der Waals surface area contributed by atoms with E-state index in [2.05, 4.69) is 33.4 Å². The number of hydrogen-bond donors (Lipinski definition) is 1. The van der Waals surface area contributed by atoms with Gasteiger partial charge in [0.1, 0.15) is 0 Å². The Hall–Kier alpha value is -0.830. The number of alkyl halides is 1. The zero-order chi connectivity index (χ0) is 12.5. The highest BCUT2D eigenvalue weighted by molar-refractivity contribution is 9.09. The standard InChI is InChI=1S/C15H18BrNO/c16-12-6-5-10(7-12)9-17-15(18)14-8-11-3-1-2-4-13(11)14/h1-4,10,12,14H,5-9H2,(H,17,18). The number of halogens is 1. The highest BCUT2D eigenvalue weighted by atomic mass is 79.9. The number of nitrogens with one attached hydrogen (secondary N) is 1. The van der Waals surface area contributed by atoms with Gasteiger partial charge in [-0.25, -0.2) is 0 Å². The van der Waals surface area contributed by atoms with Gasteiger partial charge in [-0.3, -0.25) is 4.79 Å². The first-order chi connectivity index (χ1) is 8.74. The van der Waals surface area contributed by atoms with Crippen molar-refractivity contribution in [2.24, 2.45) is 5.92 Å². The minimum absolute atomic E-state index is 0.0994. The van der Waals surface area contributed by atoms with Crippen LogP contribution in [0.3, 0.4) is 0 Å². The first kappa shape index (κ1) is 12.2. The SMILES string of the molecule is O=C(NCC1CCC(Br)C1)C1Cc2ccccc21. The summed E-state index contributed by atoms with van der Waals surface area (Å²) in [7, 11) is 0. The Bertz CT molecular complexity index is 460. The Labute approximate surface area is 116 Å². The van der Waals surface area contributed by atoms with E-state index in [0.29, 0.717) is 10.7 Å². The van der Waals surface area contributed by atoms with Gasteiger partial charge in [0, 0.05) is 11.4 Å². The lowest BCUT2D eigenvalue weighted by Crippen LogP contribution is -2.37. The molecule has 0 heterocycles. The van der Waals surface area contributed by atoms with Crippen LogP contribution in [0.1, 0.15) is 36.3 Å². The molecule has 0 aromatic heterocycles. The summed E-state index contributed by atoms with van der Waals surface area (Å²) in [4.78, 5) is 12.8. The highest BCUT2D eigenvalue weighted by Crippen LogP contribution is 2.35. The van der Waals surface area contributed by atoms with Gasteiger partial charge in [0.05, 0.1) is 5.92 Å². The number of carbonyl (C=O) groups excluding carboxylic acids is 1. The largest absolute Gasteiger partial charge is 0.355 e. The minimum Gasteiger partial charge on any atom is -0.355 e. The molecule has 1 amide bonds. The Morgan fingerprint density at radius 2 is 2.17 bits per heavy atom. The summed E-state index contributed by atoms with van der Waals surface area (Å²) in [6.45, 7) is 0.847. The summed E-state index contributed by atoms with van der Waals surface area (Å²) in [5.41, 5.74) is 2.55. The molecule has 3 unspecified atom stereocenters. The van der Waals surface area contributed by atoms with Crippen molar-refractivity contribution in [2.75, 3.05) is 6.54 Å². The van der Waals surface area contributed by atoms with Gasteiger partial charge in [0.15, 0.2) is 0 Å². The summed E-state index contributed by atoms with van der Waals surface area (Å²) < 4.78 is 0. The van der Waals surface area contributed by atoms with E-state index in [1.54, 1.807) is 0 Å². The van der Waals surface area contributed by atoms with Crippen molar-refractivity contribution >= 4 is 21.8 Å².